The molecule has 0 saturated carbocycles. The van der Waals surface area contributed by atoms with Gasteiger partial charge < -0.3 is 10.1 Å². The number of rotatable bonds is 5. The number of esters is 1. The van der Waals surface area contributed by atoms with Gasteiger partial charge in [0.05, 0.1) is 6.07 Å². The van der Waals surface area contributed by atoms with Gasteiger partial charge in [0.15, 0.2) is 6.61 Å². The first-order chi connectivity index (χ1) is 9.78. The molecule has 0 aromatic carbocycles. The highest BCUT2D eigenvalue weighted by Crippen LogP contribution is 2.15. The molecule has 0 spiro atoms. The predicted molar refractivity (Wildman–Crippen MR) is 76.5 cm³/mol. The van der Waals surface area contributed by atoms with E-state index in [9.17, 15) is 9.59 Å². The highest BCUT2D eigenvalue weighted by atomic mass is 35.5. The van der Waals surface area contributed by atoms with E-state index in [0.717, 1.165) is 0 Å². The van der Waals surface area contributed by atoms with Gasteiger partial charge in [-0.2, -0.15) is 5.26 Å². The van der Waals surface area contributed by atoms with Crippen molar-refractivity contribution in [3.8, 4) is 6.07 Å². The number of nitrogens with one attached hydrogen (secondary N) is 1. The second kappa shape index (κ2) is 7.04. The fraction of sp³-hybridized carbons (Fsp3) is 0.429. The zero-order valence-corrected chi connectivity index (χ0v) is 12.8. The zero-order chi connectivity index (χ0) is 16.0. The quantitative estimate of drug-likeness (QED) is 0.839. The second-order valence-corrected chi connectivity index (χ2v) is 5.39. The minimum atomic E-state index is -1.02. The van der Waals surface area contributed by atoms with Gasteiger partial charge in [0, 0.05) is 11.2 Å². The summed E-state index contributed by atoms with van der Waals surface area (Å²) in [5.74, 6) is -1.39. The van der Waals surface area contributed by atoms with Gasteiger partial charge in [-0.05, 0) is 25.0 Å². The Morgan fingerprint density at radius 2 is 2.24 bits per heavy atom. The fourth-order valence-electron chi connectivity index (χ4n) is 1.35. The van der Waals surface area contributed by atoms with E-state index < -0.39 is 24.0 Å². The van der Waals surface area contributed by atoms with Gasteiger partial charge in [-0.25, -0.2) is 9.78 Å². The summed E-state index contributed by atoms with van der Waals surface area (Å²) in [7, 11) is 0. The zero-order valence-electron chi connectivity index (χ0n) is 12.0. The Hall–Kier alpha value is -2.13. The molecule has 1 aromatic heterocycles. The Labute approximate surface area is 128 Å². The van der Waals surface area contributed by atoms with E-state index in [2.05, 4.69) is 10.3 Å². The van der Waals surface area contributed by atoms with E-state index in [0.29, 0.717) is 5.02 Å². The van der Waals surface area contributed by atoms with Crippen molar-refractivity contribution < 1.29 is 14.3 Å². The molecule has 1 atom stereocenters. The number of carbonyl (C=O) groups is 2. The van der Waals surface area contributed by atoms with Gasteiger partial charge >= 0.3 is 5.97 Å². The first-order valence-electron chi connectivity index (χ1n) is 6.29. The Bertz CT molecular complexity index is 583. The summed E-state index contributed by atoms with van der Waals surface area (Å²) in [6.45, 7) is 4.74. The number of carbonyl (C=O) groups excluding carboxylic acids is 2. The molecule has 7 heteroatoms. The SMILES string of the molecule is CC(C)[C@@](C)(C#N)NC(=O)COC(=O)c1cc(Cl)ccn1. The highest BCUT2D eigenvalue weighted by Gasteiger charge is 2.30. The molecule has 0 bridgehead atoms. The van der Waals surface area contributed by atoms with Crippen molar-refractivity contribution in [2.75, 3.05) is 6.61 Å². The molecule has 6 nitrogen and oxygen atoms in total. The number of halogens is 1. The minimum Gasteiger partial charge on any atom is -0.451 e. The normalized spacial score (nSPS) is 13.1. The number of nitrogens with zero attached hydrogens (tertiary/aromatic N) is 2. The Morgan fingerprint density at radius 1 is 1.57 bits per heavy atom. The van der Waals surface area contributed by atoms with Crippen LogP contribution in [0.4, 0.5) is 0 Å². The molecule has 0 saturated heterocycles. The molecule has 0 aliphatic heterocycles. The molecule has 0 aliphatic carbocycles. The summed E-state index contributed by atoms with van der Waals surface area (Å²) in [4.78, 5) is 27.2. The third-order valence-electron chi connectivity index (χ3n) is 3.05. The molecule has 1 amide bonds. The maximum atomic E-state index is 11.7. The van der Waals surface area contributed by atoms with E-state index in [1.54, 1.807) is 6.92 Å². The lowest BCUT2D eigenvalue weighted by Crippen LogP contribution is -2.50. The standard InChI is InChI=1S/C14H16ClN3O3/c1-9(2)14(3,8-16)18-12(19)7-21-13(20)11-6-10(15)4-5-17-11/h4-6,9H,7H2,1-3H3,(H,18,19)/t14-/m1/s1. The van der Waals surface area contributed by atoms with Crippen LogP contribution < -0.4 is 5.32 Å². The van der Waals surface area contributed by atoms with Crippen molar-refractivity contribution in [3.63, 3.8) is 0 Å². The van der Waals surface area contributed by atoms with Gasteiger partial charge in [0.25, 0.3) is 5.91 Å². The number of aromatic nitrogens is 1. The smallest absolute Gasteiger partial charge is 0.357 e. The maximum absolute atomic E-state index is 11.7. The molecule has 112 valence electrons. The van der Waals surface area contributed by atoms with Crippen LogP contribution in [0.1, 0.15) is 31.3 Å². The fourth-order valence-corrected chi connectivity index (χ4v) is 1.51. The average molecular weight is 310 g/mol. The van der Waals surface area contributed by atoms with Crippen LogP contribution >= 0.6 is 11.6 Å². The summed E-state index contributed by atoms with van der Waals surface area (Å²) in [6.07, 6.45) is 1.37. The molecule has 1 heterocycles. The van der Waals surface area contributed by atoms with Gasteiger partial charge in [-0.15, -0.1) is 0 Å². The topological polar surface area (TPSA) is 92.1 Å². The highest BCUT2D eigenvalue weighted by molar-refractivity contribution is 6.30. The van der Waals surface area contributed by atoms with Crippen molar-refractivity contribution in [1.82, 2.24) is 10.3 Å². The Balaban J connectivity index is 2.58. The van der Waals surface area contributed by atoms with Crippen LogP contribution in [0.25, 0.3) is 0 Å². The Morgan fingerprint density at radius 3 is 2.76 bits per heavy atom. The summed E-state index contributed by atoms with van der Waals surface area (Å²) >= 11 is 5.73. The van der Waals surface area contributed by atoms with Crippen LogP contribution in [0.15, 0.2) is 18.3 Å². The molecular formula is C14H16ClN3O3. The van der Waals surface area contributed by atoms with Gasteiger partial charge in [-0.1, -0.05) is 25.4 Å². The molecule has 1 aromatic rings. The number of amides is 1. The Kier molecular flexibility index (Phi) is 5.68. The van der Waals surface area contributed by atoms with E-state index in [-0.39, 0.29) is 11.6 Å². The van der Waals surface area contributed by atoms with Crippen molar-refractivity contribution in [1.29, 1.82) is 5.26 Å². The second-order valence-electron chi connectivity index (χ2n) is 4.95. The third-order valence-corrected chi connectivity index (χ3v) is 3.29. The van der Waals surface area contributed by atoms with Gasteiger partial charge in [0.2, 0.25) is 0 Å². The van der Waals surface area contributed by atoms with Crippen LogP contribution in [0.5, 0.6) is 0 Å². The van der Waals surface area contributed by atoms with Crippen LogP contribution in [-0.4, -0.2) is 29.0 Å². The summed E-state index contributed by atoms with van der Waals surface area (Å²) in [5, 5.41) is 12.0. The molecule has 0 radical (unpaired) electrons. The molecule has 1 N–H and O–H groups in total. The van der Waals surface area contributed by atoms with Crippen molar-refractivity contribution in [2.24, 2.45) is 5.92 Å². The lowest BCUT2D eigenvalue weighted by molar-refractivity contribution is -0.125. The number of nitriles is 1. The van der Waals surface area contributed by atoms with Crippen LogP contribution in [0, 0.1) is 17.2 Å². The molecular weight excluding hydrogens is 294 g/mol. The molecule has 1 rings (SSSR count). The molecule has 0 fully saturated rings. The molecule has 0 aliphatic rings. The maximum Gasteiger partial charge on any atom is 0.357 e. The minimum absolute atomic E-state index is 0.0159. The number of pyridine rings is 1. The summed E-state index contributed by atoms with van der Waals surface area (Å²) in [6, 6.07) is 4.90. The first kappa shape index (κ1) is 16.9. The lowest BCUT2D eigenvalue weighted by atomic mass is 9.90. The van der Waals surface area contributed by atoms with E-state index >= 15 is 0 Å². The molecule has 21 heavy (non-hydrogen) atoms. The van der Waals surface area contributed by atoms with Crippen molar-refractivity contribution >= 4 is 23.5 Å². The van der Waals surface area contributed by atoms with Crippen LogP contribution in [-0.2, 0) is 9.53 Å². The third kappa shape index (κ3) is 4.72. The van der Waals surface area contributed by atoms with E-state index in [1.165, 1.54) is 18.3 Å². The van der Waals surface area contributed by atoms with Gasteiger partial charge in [0.1, 0.15) is 11.2 Å². The number of hydrogen-bond acceptors (Lipinski definition) is 5. The first-order valence-corrected chi connectivity index (χ1v) is 6.67. The number of hydrogen-bond donors (Lipinski definition) is 1. The van der Waals surface area contributed by atoms with E-state index in [1.807, 2.05) is 19.9 Å². The largest absolute Gasteiger partial charge is 0.451 e. The van der Waals surface area contributed by atoms with Crippen LogP contribution in [0.2, 0.25) is 5.02 Å². The molecule has 0 unspecified atom stereocenters. The predicted octanol–water partition coefficient (Wildman–Crippen LogP) is 1.95. The number of ether oxygens (including phenoxy) is 1. The van der Waals surface area contributed by atoms with Crippen LogP contribution in [0.3, 0.4) is 0 Å². The lowest BCUT2D eigenvalue weighted by Gasteiger charge is -2.27. The average Bonchev–Trinajstić information content (AvgIpc) is 2.44. The summed E-state index contributed by atoms with van der Waals surface area (Å²) < 4.78 is 4.83. The monoisotopic (exact) mass is 309 g/mol. The summed E-state index contributed by atoms with van der Waals surface area (Å²) in [5.41, 5.74) is -1.00. The van der Waals surface area contributed by atoms with E-state index in [4.69, 9.17) is 21.6 Å². The van der Waals surface area contributed by atoms with Crippen molar-refractivity contribution in [3.05, 3.63) is 29.0 Å². The van der Waals surface area contributed by atoms with Gasteiger partial charge in [-0.3, -0.25) is 4.79 Å². The van der Waals surface area contributed by atoms with Crippen molar-refractivity contribution in [2.45, 2.75) is 26.3 Å².